The molecular weight excluding hydrogens is 815 g/mol. The van der Waals surface area contributed by atoms with E-state index in [1.807, 2.05) is 0 Å². The predicted molar refractivity (Wildman–Crippen MR) is 287 cm³/mol. The highest BCUT2D eigenvalue weighted by Crippen LogP contribution is 2.18. The summed E-state index contributed by atoms with van der Waals surface area (Å²) in [6.45, 7) is 6.50. The second kappa shape index (κ2) is 54.0. The summed E-state index contributed by atoms with van der Waals surface area (Å²) in [5.41, 5.74) is 0. The average molecular weight is 929 g/mol. The third-order valence-corrected chi connectivity index (χ3v) is 13.5. The molecule has 0 heterocycles. The van der Waals surface area contributed by atoms with Crippen LogP contribution in [0.5, 0.6) is 0 Å². The molecule has 0 aliphatic carbocycles. The Hall–Kier alpha value is -1.92. The highest BCUT2D eigenvalue weighted by atomic mass is 16.5. The van der Waals surface area contributed by atoms with E-state index in [2.05, 4.69) is 62.5 Å². The lowest BCUT2D eigenvalue weighted by atomic mass is 10.0. The highest BCUT2D eigenvalue weighted by Gasteiger charge is 2.24. The second-order valence-corrected chi connectivity index (χ2v) is 20.1. The van der Waals surface area contributed by atoms with Crippen LogP contribution in [-0.2, 0) is 14.3 Å². The smallest absolute Gasteiger partial charge is 0.306 e. The first-order chi connectivity index (χ1) is 32.5. The van der Waals surface area contributed by atoms with Crippen LogP contribution in [0.4, 0.5) is 0 Å². The van der Waals surface area contributed by atoms with E-state index in [0.717, 1.165) is 70.6 Å². The lowest BCUT2D eigenvalue weighted by Crippen LogP contribution is -2.46. The van der Waals surface area contributed by atoms with E-state index >= 15 is 0 Å². The average Bonchev–Trinajstić information content (AvgIpc) is 3.31. The molecule has 0 saturated carbocycles. The molecule has 0 aliphatic rings. The molecule has 1 amide bonds. The molecule has 0 aromatic heterocycles. The summed E-state index contributed by atoms with van der Waals surface area (Å²) in [5.74, 6) is -0.491. The van der Waals surface area contributed by atoms with E-state index in [4.69, 9.17) is 4.74 Å². The van der Waals surface area contributed by atoms with E-state index in [9.17, 15) is 19.8 Å². The Morgan fingerprint density at radius 1 is 0.439 bits per heavy atom. The van der Waals surface area contributed by atoms with Gasteiger partial charge in [0.05, 0.1) is 25.2 Å². The van der Waals surface area contributed by atoms with Crippen molar-refractivity contribution in [1.29, 1.82) is 0 Å². The zero-order valence-electron chi connectivity index (χ0n) is 44.3. The Kier molecular flexibility index (Phi) is 52.5. The zero-order chi connectivity index (χ0) is 48.1. The zero-order valence-corrected chi connectivity index (χ0v) is 44.3. The topological polar surface area (TPSA) is 95.9 Å². The Labute approximate surface area is 411 Å². The maximum absolute atomic E-state index is 13.3. The maximum atomic E-state index is 13.3. The fourth-order valence-corrected chi connectivity index (χ4v) is 9.08. The highest BCUT2D eigenvalue weighted by molar-refractivity contribution is 5.77. The van der Waals surface area contributed by atoms with Gasteiger partial charge in [0.1, 0.15) is 6.10 Å². The molecule has 0 saturated heterocycles. The quantitative estimate of drug-likeness (QED) is 0.0321. The molecule has 3 N–H and O–H groups in total. The molecule has 0 aromatic carbocycles. The van der Waals surface area contributed by atoms with Gasteiger partial charge < -0.3 is 20.3 Å². The van der Waals surface area contributed by atoms with E-state index in [-0.39, 0.29) is 24.9 Å². The molecule has 0 bridgehead atoms. The van der Waals surface area contributed by atoms with Crippen LogP contribution in [0.25, 0.3) is 0 Å². The lowest BCUT2D eigenvalue weighted by molar-refractivity contribution is -0.151. The Morgan fingerprint density at radius 2 is 0.773 bits per heavy atom. The summed E-state index contributed by atoms with van der Waals surface area (Å²) in [6.07, 6.45) is 64.9. The fraction of sp³-hybridized carbons (Fsp3) is 0.867. The number of esters is 1. The minimum absolute atomic E-state index is 0.0593. The van der Waals surface area contributed by atoms with Crippen LogP contribution in [0.1, 0.15) is 310 Å². The van der Waals surface area contributed by atoms with Crippen molar-refractivity contribution in [2.75, 3.05) is 6.61 Å². The molecule has 6 nitrogen and oxygen atoms in total. The fourth-order valence-electron chi connectivity index (χ4n) is 9.08. The predicted octanol–water partition coefficient (Wildman–Crippen LogP) is 18.0. The molecule has 388 valence electrons. The number of aliphatic hydroxyl groups is 2. The second-order valence-electron chi connectivity index (χ2n) is 20.1. The summed E-state index contributed by atoms with van der Waals surface area (Å²) in [6, 6.07) is -0.711. The maximum Gasteiger partial charge on any atom is 0.306 e. The van der Waals surface area contributed by atoms with Gasteiger partial charge in [-0.1, -0.05) is 282 Å². The molecular formula is C60H113NO5. The number of hydrogen-bond acceptors (Lipinski definition) is 5. The van der Waals surface area contributed by atoms with Gasteiger partial charge >= 0.3 is 5.97 Å². The number of carbonyl (C=O) groups is 2. The molecule has 3 atom stereocenters. The van der Waals surface area contributed by atoms with Crippen molar-refractivity contribution in [2.45, 2.75) is 328 Å². The third-order valence-electron chi connectivity index (χ3n) is 13.5. The van der Waals surface area contributed by atoms with Crippen molar-refractivity contribution in [3.05, 3.63) is 36.5 Å². The molecule has 0 aliphatic heterocycles. The molecule has 0 spiro atoms. The van der Waals surface area contributed by atoms with Gasteiger partial charge in [-0.05, 0) is 51.4 Å². The van der Waals surface area contributed by atoms with E-state index in [1.165, 1.54) is 193 Å². The van der Waals surface area contributed by atoms with Crippen molar-refractivity contribution < 1.29 is 24.5 Å². The molecule has 66 heavy (non-hydrogen) atoms. The van der Waals surface area contributed by atoms with Crippen LogP contribution in [-0.4, -0.2) is 46.9 Å². The Bertz CT molecular complexity index is 1090. The van der Waals surface area contributed by atoms with Crippen molar-refractivity contribution >= 4 is 11.9 Å². The monoisotopic (exact) mass is 928 g/mol. The summed E-state index contributed by atoms with van der Waals surface area (Å²) in [7, 11) is 0. The van der Waals surface area contributed by atoms with Crippen LogP contribution in [0.15, 0.2) is 36.5 Å². The minimum Gasteiger partial charge on any atom is -0.462 e. The van der Waals surface area contributed by atoms with Crippen molar-refractivity contribution in [3.63, 3.8) is 0 Å². The van der Waals surface area contributed by atoms with Crippen LogP contribution >= 0.6 is 0 Å². The van der Waals surface area contributed by atoms with Crippen molar-refractivity contribution in [3.8, 4) is 0 Å². The lowest BCUT2D eigenvalue weighted by Gasteiger charge is -2.24. The number of nitrogens with one attached hydrogen (secondary N) is 1. The first-order valence-electron chi connectivity index (χ1n) is 29.2. The standard InChI is InChI=1S/C60H113NO5/c1-4-7-10-13-16-19-22-25-28-30-32-34-37-40-43-46-49-52-58(63)57(55-62)61-59(64)54-56(51-48-45-42-39-36-33-31-29-26-23-20-17-14-11-8-5-2)66-60(65)53-50-47-44-41-38-35-27-24-21-18-15-12-9-6-3/h23,26,29,31,33,36,56-58,62-63H,4-22,24-25,27-28,30,32,34-35,37-55H2,1-3H3,(H,61,64)/b26-23+,31-29+,36-33+. The number of ether oxygens (including phenoxy) is 1. The Balaban J connectivity index is 4.57. The van der Waals surface area contributed by atoms with Gasteiger partial charge in [0.25, 0.3) is 0 Å². The van der Waals surface area contributed by atoms with E-state index < -0.39 is 18.2 Å². The van der Waals surface area contributed by atoms with Gasteiger partial charge in [0, 0.05) is 6.42 Å². The van der Waals surface area contributed by atoms with Crippen LogP contribution in [0.3, 0.4) is 0 Å². The first-order valence-corrected chi connectivity index (χ1v) is 29.2. The number of rotatable bonds is 53. The molecule has 3 unspecified atom stereocenters. The van der Waals surface area contributed by atoms with Gasteiger partial charge in [-0.25, -0.2) is 0 Å². The molecule has 6 heteroatoms. The van der Waals surface area contributed by atoms with Gasteiger partial charge in [-0.15, -0.1) is 0 Å². The number of allylic oxidation sites excluding steroid dienone is 6. The normalized spacial score (nSPS) is 13.3. The third kappa shape index (κ3) is 48.5. The van der Waals surface area contributed by atoms with E-state index in [0.29, 0.717) is 19.3 Å². The largest absolute Gasteiger partial charge is 0.462 e. The Morgan fingerprint density at radius 3 is 1.17 bits per heavy atom. The molecule has 0 rings (SSSR count). The van der Waals surface area contributed by atoms with Crippen molar-refractivity contribution in [2.24, 2.45) is 0 Å². The minimum atomic E-state index is -0.796. The number of carbonyl (C=O) groups excluding carboxylic acids is 2. The SMILES string of the molecule is CCCCCCC/C=C/C=C/C=C/CCCCCC(CC(=O)NC(CO)C(O)CCCCCCCCCCCCCCCCCCC)OC(=O)CCCCCCCCCCCCCCCC. The van der Waals surface area contributed by atoms with Crippen LogP contribution in [0, 0.1) is 0 Å². The van der Waals surface area contributed by atoms with E-state index in [1.54, 1.807) is 0 Å². The van der Waals surface area contributed by atoms with Crippen LogP contribution < -0.4 is 5.32 Å². The van der Waals surface area contributed by atoms with Crippen molar-refractivity contribution in [1.82, 2.24) is 5.32 Å². The number of amides is 1. The summed E-state index contributed by atoms with van der Waals surface area (Å²) >= 11 is 0. The van der Waals surface area contributed by atoms with Gasteiger partial charge in [-0.3, -0.25) is 9.59 Å². The molecule has 0 radical (unpaired) electrons. The molecule has 0 aromatic rings. The summed E-state index contributed by atoms with van der Waals surface area (Å²) in [5, 5.41) is 23.9. The number of unbranched alkanes of at least 4 members (excludes halogenated alkanes) is 37. The number of aliphatic hydroxyl groups excluding tert-OH is 2. The summed E-state index contributed by atoms with van der Waals surface area (Å²) in [4.78, 5) is 26.3. The van der Waals surface area contributed by atoms with Gasteiger partial charge in [0.15, 0.2) is 0 Å². The van der Waals surface area contributed by atoms with Crippen LogP contribution in [0.2, 0.25) is 0 Å². The van der Waals surface area contributed by atoms with Gasteiger partial charge in [-0.2, -0.15) is 0 Å². The first kappa shape index (κ1) is 64.1. The number of hydrogen-bond donors (Lipinski definition) is 3. The van der Waals surface area contributed by atoms with Gasteiger partial charge in [0.2, 0.25) is 5.91 Å². The molecule has 0 fully saturated rings. The summed E-state index contributed by atoms with van der Waals surface area (Å²) < 4.78 is 5.95.